The van der Waals surface area contributed by atoms with Crippen molar-refractivity contribution in [3.05, 3.63) is 47.5 Å². The maximum absolute atomic E-state index is 12.7. The number of carbonyl (C=O) groups is 1. The molecule has 2 aromatic rings. The zero-order chi connectivity index (χ0) is 17.9. The van der Waals surface area contributed by atoms with E-state index in [-0.39, 0.29) is 17.4 Å². The number of thiazole rings is 1. The van der Waals surface area contributed by atoms with Crippen molar-refractivity contribution >= 4 is 22.4 Å². The molecule has 1 aliphatic heterocycles. The van der Waals surface area contributed by atoms with Crippen molar-refractivity contribution < 1.29 is 4.79 Å². The Hall–Kier alpha value is -2.32. The fraction of sp³-hybridized carbons (Fsp3) is 0.400. The van der Waals surface area contributed by atoms with Gasteiger partial charge in [-0.15, -0.1) is 11.3 Å². The molecule has 1 unspecified atom stereocenters. The molecule has 3 rings (SSSR count). The number of amides is 1. The first kappa shape index (κ1) is 17.5. The van der Waals surface area contributed by atoms with E-state index in [1.807, 2.05) is 46.8 Å². The van der Waals surface area contributed by atoms with Gasteiger partial charge in [-0.05, 0) is 17.5 Å². The van der Waals surface area contributed by atoms with Crippen LogP contribution in [0.3, 0.4) is 0 Å². The monoisotopic (exact) mass is 353 g/mol. The molecule has 0 saturated carbocycles. The summed E-state index contributed by atoms with van der Waals surface area (Å²) in [5.41, 5.74) is 0.838. The van der Waals surface area contributed by atoms with Crippen LogP contribution >= 0.6 is 11.3 Å². The van der Waals surface area contributed by atoms with Gasteiger partial charge in [0.2, 0.25) is 0 Å². The van der Waals surface area contributed by atoms with Gasteiger partial charge in [-0.3, -0.25) is 4.79 Å². The number of rotatable bonds is 1. The Balaban J connectivity index is 1.78. The second kappa shape index (κ2) is 7.28. The number of benzene rings is 1. The maximum atomic E-state index is 12.7. The molecular weight excluding hydrogens is 330 g/mol. The first-order valence-electron chi connectivity index (χ1n) is 8.47. The fourth-order valence-corrected chi connectivity index (χ4v) is 3.71. The van der Waals surface area contributed by atoms with E-state index in [0.29, 0.717) is 6.54 Å². The molecule has 130 valence electrons. The lowest BCUT2D eigenvalue weighted by Gasteiger charge is -2.46. The summed E-state index contributed by atoms with van der Waals surface area (Å²) in [6.45, 7) is 8.77. The average Bonchev–Trinajstić information content (AvgIpc) is 3.14. The second-order valence-corrected chi connectivity index (χ2v) is 8.13. The summed E-state index contributed by atoms with van der Waals surface area (Å²) in [7, 11) is 0. The molecular formula is C20H23N3OS. The van der Waals surface area contributed by atoms with Crippen LogP contribution in [0, 0.1) is 17.3 Å². The SMILES string of the molecule is CC(C)(C)C1CN(c2nccs2)CCN1C(=O)C#Cc1ccccc1. The number of nitrogens with zero attached hydrogens (tertiary/aromatic N) is 3. The van der Waals surface area contributed by atoms with Crippen molar-refractivity contribution in [3.63, 3.8) is 0 Å². The van der Waals surface area contributed by atoms with Crippen LogP contribution in [0.25, 0.3) is 0 Å². The minimum atomic E-state index is -0.0948. The minimum absolute atomic E-state index is 0.0278. The van der Waals surface area contributed by atoms with Crippen molar-refractivity contribution in [2.75, 3.05) is 24.5 Å². The predicted molar refractivity (Wildman–Crippen MR) is 103 cm³/mol. The fourth-order valence-electron chi connectivity index (χ4n) is 3.03. The lowest BCUT2D eigenvalue weighted by molar-refractivity contribution is -0.130. The molecule has 0 aliphatic carbocycles. The maximum Gasteiger partial charge on any atom is 0.299 e. The van der Waals surface area contributed by atoms with Gasteiger partial charge >= 0.3 is 0 Å². The first-order valence-corrected chi connectivity index (χ1v) is 9.35. The van der Waals surface area contributed by atoms with Crippen LogP contribution in [0.15, 0.2) is 41.9 Å². The zero-order valence-corrected chi connectivity index (χ0v) is 15.7. The number of anilines is 1. The van der Waals surface area contributed by atoms with E-state index in [1.54, 1.807) is 11.3 Å². The van der Waals surface area contributed by atoms with Gasteiger partial charge in [0.05, 0.1) is 6.04 Å². The normalized spacial score (nSPS) is 17.8. The van der Waals surface area contributed by atoms with Crippen LogP contribution in [0.2, 0.25) is 0 Å². The molecule has 2 heterocycles. The Labute approximate surface area is 153 Å². The van der Waals surface area contributed by atoms with Crippen LogP contribution in [0.5, 0.6) is 0 Å². The van der Waals surface area contributed by atoms with Crippen molar-refractivity contribution in [3.8, 4) is 11.8 Å². The topological polar surface area (TPSA) is 36.4 Å². The summed E-state index contributed by atoms with van der Waals surface area (Å²) in [4.78, 5) is 21.4. The van der Waals surface area contributed by atoms with Gasteiger partial charge in [0, 0.05) is 42.7 Å². The van der Waals surface area contributed by atoms with Gasteiger partial charge in [-0.1, -0.05) is 44.9 Å². The summed E-state index contributed by atoms with van der Waals surface area (Å²) in [6, 6.07) is 9.74. The van der Waals surface area contributed by atoms with Crippen LogP contribution in [0.1, 0.15) is 26.3 Å². The summed E-state index contributed by atoms with van der Waals surface area (Å²) >= 11 is 1.64. The number of aromatic nitrogens is 1. The highest BCUT2D eigenvalue weighted by molar-refractivity contribution is 7.13. The Morgan fingerprint density at radius 2 is 2.00 bits per heavy atom. The van der Waals surface area contributed by atoms with Crippen molar-refractivity contribution in [1.29, 1.82) is 0 Å². The summed E-state index contributed by atoms with van der Waals surface area (Å²) in [5.74, 6) is 5.72. The molecule has 0 N–H and O–H groups in total. The molecule has 1 amide bonds. The number of hydrogen-bond donors (Lipinski definition) is 0. The summed E-state index contributed by atoms with van der Waals surface area (Å²) in [6.07, 6.45) is 1.83. The highest BCUT2D eigenvalue weighted by Crippen LogP contribution is 2.30. The average molecular weight is 353 g/mol. The molecule has 1 saturated heterocycles. The molecule has 4 nitrogen and oxygen atoms in total. The molecule has 0 bridgehead atoms. The summed E-state index contributed by atoms with van der Waals surface area (Å²) < 4.78 is 0. The van der Waals surface area contributed by atoms with E-state index < -0.39 is 0 Å². The van der Waals surface area contributed by atoms with Gasteiger partial charge < -0.3 is 9.80 Å². The first-order chi connectivity index (χ1) is 11.9. The molecule has 0 radical (unpaired) electrons. The van der Waals surface area contributed by atoms with E-state index in [0.717, 1.165) is 23.8 Å². The molecule has 1 aromatic carbocycles. The van der Waals surface area contributed by atoms with Gasteiger partial charge in [0.25, 0.3) is 5.91 Å². The van der Waals surface area contributed by atoms with Gasteiger partial charge in [0.1, 0.15) is 0 Å². The third-order valence-corrected chi connectivity index (χ3v) is 5.25. The van der Waals surface area contributed by atoms with E-state index in [1.165, 1.54) is 0 Å². The van der Waals surface area contributed by atoms with E-state index >= 15 is 0 Å². The van der Waals surface area contributed by atoms with Crippen LogP contribution < -0.4 is 4.90 Å². The highest BCUT2D eigenvalue weighted by atomic mass is 32.1. The van der Waals surface area contributed by atoms with Crippen LogP contribution in [-0.4, -0.2) is 41.5 Å². The van der Waals surface area contributed by atoms with Crippen molar-refractivity contribution in [2.24, 2.45) is 5.41 Å². The Kier molecular flexibility index (Phi) is 5.10. The van der Waals surface area contributed by atoms with E-state index in [2.05, 4.69) is 42.5 Å². The largest absolute Gasteiger partial charge is 0.344 e. The molecule has 5 heteroatoms. The molecule has 1 aliphatic rings. The van der Waals surface area contributed by atoms with Gasteiger partial charge in [0.15, 0.2) is 5.13 Å². The smallest absolute Gasteiger partial charge is 0.299 e. The van der Waals surface area contributed by atoms with Crippen molar-refractivity contribution in [1.82, 2.24) is 9.88 Å². The zero-order valence-electron chi connectivity index (χ0n) is 14.9. The summed E-state index contributed by atoms with van der Waals surface area (Å²) in [5, 5.41) is 3.02. The van der Waals surface area contributed by atoms with Crippen molar-refractivity contribution in [2.45, 2.75) is 26.8 Å². The highest BCUT2D eigenvalue weighted by Gasteiger charge is 2.38. The molecule has 0 spiro atoms. The third kappa shape index (κ3) is 4.21. The molecule has 25 heavy (non-hydrogen) atoms. The van der Waals surface area contributed by atoms with Crippen LogP contribution in [-0.2, 0) is 4.79 Å². The quantitative estimate of drug-likeness (QED) is 0.739. The molecule has 1 fully saturated rings. The Bertz CT molecular complexity index is 769. The second-order valence-electron chi connectivity index (χ2n) is 7.26. The number of hydrogen-bond acceptors (Lipinski definition) is 4. The molecule has 1 aromatic heterocycles. The number of carbonyl (C=O) groups excluding carboxylic acids is 1. The van der Waals surface area contributed by atoms with Gasteiger partial charge in [-0.2, -0.15) is 0 Å². The minimum Gasteiger partial charge on any atom is -0.344 e. The standard InChI is InChI=1S/C20H23N3OS/c1-20(2,3)17-15-22(19-21-11-14-25-19)12-13-23(17)18(24)10-9-16-7-5-4-6-8-16/h4-8,11,14,17H,12-13,15H2,1-3H3. The lowest BCUT2D eigenvalue weighted by atomic mass is 9.84. The Morgan fingerprint density at radius 3 is 2.64 bits per heavy atom. The van der Waals surface area contributed by atoms with E-state index in [4.69, 9.17) is 0 Å². The number of piperazine rings is 1. The lowest BCUT2D eigenvalue weighted by Crippen LogP contribution is -2.59. The van der Waals surface area contributed by atoms with E-state index in [9.17, 15) is 4.79 Å². The Morgan fingerprint density at radius 1 is 1.24 bits per heavy atom. The van der Waals surface area contributed by atoms with Gasteiger partial charge in [-0.25, -0.2) is 4.98 Å². The van der Waals surface area contributed by atoms with Crippen LogP contribution in [0.4, 0.5) is 5.13 Å². The third-order valence-electron chi connectivity index (χ3n) is 4.42. The predicted octanol–water partition coefficient (Wildman–Crippen LogP) is 3.26. The molecule has 1 atom stereocenters.